The van der Waals surface area contributed by atoms with Crippen molar-refractivity contribution in [3.05, 3.63) is 101 Å². The zero-order valence-corrected chi connectivity index (χ0v) is 17.7. The smallest absolute Gasteiger partial charge is 0.259 e. The predicted octanol–water partition coefficient (Wildman–Crippen LogP) is 4.96. The molecule has 0 bridgehead atoms. The summed E-state index contributed by atoms with van der Waals surface area (Å²) >= 11 is 0. The highest BCUT2D eigenvalue weighted by molar-refractivity contribution is 6.05. The van der Waals surface area contributed by atoms with Gasteiger partial charge in [-0.2, -0.15) is 5.10 Å². The normalized spacial score (nSPS) is 10.5. The largest absolute Gasteiger partial charge is 0.340 e. The molecule has 2 aromatic carbocycles. The van der Waals surface area contributed by atoms with Crippen molar-refractivity contribution in [3.63, 3.8) is 0 Å². The Balaban J connectivity index is 0.00000274. The molecule has 34 heavy (non-hydrogen) atoms. The number of H-pyrrole nitrogens is 1. The first-order valence-corrected chi connectivity index (χ1v) is 10.3. The Hall–Kier alpha value is -4.72. The van der Waals surface area contributed by atoms with Gasteiger partial charge in [-0.15, -0.1) is 0 Å². The fourth-order valence-corrected chi connectivity index (χ4v) is 3.65. The van der Waals surface area contributed by atoms with Crippen LogP contribution in [0.3, 0.4) is 0 Å². The third kappa shape index (κ3) is 4.42. The molecule has 3 heterocycles. The van der Waals surface area contributed by atoms with E-state index < -0.39 is 0 Å². The van der Waals surface area contributed by atoms with Crippen LogP contribution in [0.5, 0.6) is 0 Å². The van der Waals surface area contributed by atoms with Crippen molar-refractivity contribution in [1.82, 2.24) is 19.7 Å². The van der Waals surface area contributed by atoms with Gasteiger partial charge in [0, 0.05) is 59.1 Å². The molecule has 0 aliphatic carbocycles. The van der Waals surface area contributed by atoms with E-state index in [0.29, 0.717) is 22.5 Å². The number of aryl methyl sites for hydroxylation is 1. The second-order valence-corrected chi connectivity index (χ2v) is 7.54. The number of anilines is 3. The highest BCUT2D eigenvalue weighted by Gasteiger charge is 2.14. The lowest BCUT2D eigenvalue weighted by Crippen LogP contribution is -2.12. The highest BCUT2D eigenvalue weighted by atomic mass is 16.1. The number of para-hydroxylation sites is 1. The molecule has 5 aromatic rings. The van der Waals surface area contributed by atoms with Crippen LogP contribution >= 0.6 is 0 Å². The maximum atomic E-state index is 12.7. The number of rotatable bonds is 5. The number of aromatic nitrogens is 4. The van der Waals surface area contributed by atoms with Crippen LogP contribution in [-0.2, 0) is 7.05 Å². The summed E-state index contributed by atoms with van der Waals surface area (Å²) in [6.45, 7) is 0. The summed E-state index contributed by atoms with van der Waals surface area (Å²) in [5.74, 6) is 0.231. The summed E-state index contributed by atoms with van der Waals surface area (Å²) < 4.78 is 1.70. The van der Waals surface area contributed by atoms with E-state index in [9.17, 15) is 9.59 Å². The van der Waals surface area contributed by atoms with Gasteiger partial charge >= 0.3 is 0 Å². The van der Waals surface area contributed by atoms with E-state index in [-0.39, 0.29) is 18.9 Å². The lowest BCUT2D eigenvalue weighted by Gasteiger charge is -2.11. The van der Waals surface area contributed by atoms with Crippen LogP contribution in [0.4, 0.5) is 17.2 Å². The average molecular weight is 453 g/mol. The maximum Gasteiger partial charge on any atom is 0.259 e. The van der Waals surface area contributed by atoms with Gasteiger partial charge in [-0.3, -0.25) is 14.3 Å². The summed E-state index contributed by atoms with van der Waals surface area (Å²) in [5, 5.41) is 11.5. The highest BCUT2D eigenvalue weighted by Crippen LogP contribution is 2.30. The van der Waals surface area contributed by atoms with Gasteiger partial charge in [0.05, 0.1) is 11.6 Å². The van der Waals surface area contributed by atoms with E-state index in [4.69, 9.17) is 0 Å². The Morgan fingerprint density at radius 2 is 1.74 bits per heavy atom. The zero-order chi connectivity index (χ0) is 22.8. The number of nitrogens with one attached hydrogen (secondary N) is 3. The van der Waals surface area contributed by atoms with Crippen molar-refractivity contribution in [2.75, 3.05) is 10.6 Å². The summed E-state index contributed by atoms with van der Waals surface area (Å²) in [5.41, 5.74) is 3.41. The number of aromatic amines is 1. The van der Waals surface area contributed by atoms with Crippen molar-refractivity contribution < 1.29 is 4.79 Å². The molecule has 0 spiro atoms. The molecule has 0 atom stereocenters. The topological polar surface area (TPSA) is 105 Å². The summed E-state index contributed by atoms with van der Waals surface area (Å²) in [6.07, 6.45) is 6.96. The van der Waals surface area contributed by atoms with Crippen molar-refractivity contribution in [2.24, 2.45) is 7.05 Å². The number of carbonyl (C=O) groups excluding carboxylic acids is 1. The van der Waals surface area contributed by atoms with Crippen LogP contribution in [0.25, 0.3) is 21.9 Å². The molecule has 3 aromatic heterocycles. The monoisotopic (exact) mass is 452 g/mol. The Morgan fingerprint density at radius 1 is 0.971 bits per heavy atom. The van der Waals surface area contributed by atoms with Gasteiger partial charge in [0.1, 0.15) is 5.82 Å². The van der Waals surface area contributed by atoms with Gasteiger partial charge in [0.25, 0.3) is 11.5 Å². The van der Waals surface area contributed by atoms with Gasteiger partial charge < -0.3 is 15.6 Å². The number of fused-ring (bicyclic) bond motifs is 1. The first-order valence-electron chi connectivity index (χ1n) is 10.3. The van der Waals surface area contributed by atoms with Crippen LogP contribution in [0.1, 0.15) is 17.8 Å². The number of benzene rings is 2. The summed E-state index contributed by atoms with van der Waals surface area (Å²) in [4.78, 5) is 32.4. The van der Waals surface area contributed by atoms with Gasteiger partial charge in [-0.25, -0.2) is 4.98 Å². The quantitative estimate of drug-likeness (QED) is 0.350. The Labute approximate surface area is 196 Å². The number of hydrogen-bond donors (Lipinski definition) is 3. The van der Waals surface area contributed by atoms with E-state index in [1.54, 1.807) is 47.5 Å². The standard InChI is InChI=1S/C25H20N6O2.CH4/c1-31-15-17(13-28-31)21-14-27-23(22-20(21)11-12-26-25(22)33)29-19-9-7-16(8-10-19)24(32)30-18-5-3-2-4-6-18;/h2-15H,1H3,(H,26,33)(H,27,29)(H,30,32);1H4. The average Bonchev–Trinajstić information content (AvgIpc) is 3.26. The zero-order valence-electron chi connectivity index (χ0n) is 17.7. The van der Waals surface area contributed by atoms with Crippen LogP contribution in [0.2, 0.25) is 0 Å². The Kier molecular flexibility index (Phi) is 6.22. The maximum absolute atomic E-state index is 12.7. The van der Waals surface area contributed by atoms with Crippen molar-refractivity contribution in [3.8, 4) is 11.1 Å². The second kappa shape index (κ2) is 9.41. The SMILES string of the molecule is C.Cn1cc(-c2cnc(Nc3ccc(C(=O)Nc4ccccc4)cc3)c3c(=O)[nH]ccc23)cn1. The van der Waals surface area contributed by atoms with Crippen molar-refractivity contribution in [1.29, 1.82) is 0 Å². The minimum atomic E-state index is -0.243. The molecule has 3 N–H and O–H groups in total. The molecular weight excluding hydrogens is 428 g/mol. The fourth-order valence-electron chi connectivity index (χ4n) is 3.65. The van der Waals surface area contributed by atoms with E-state index in [1.807, 2.05) is 49.6 Å². The number of hydrogen-bond acceptors (Lipinski definition) is 5. The van der Waals surface area contributed by atoms with Gasteiger partial charge in [0.2, 0.25) is 0 Å². The minimum absolute atomic E-state index is 0. The first-order chi connectivity index (χ1) is 16.1. The van der Waals surface area contributed by atoms with Crippen LogP contribution in [-0.4, -0.2) is 25.7 Å². The fraction of sp³-hybridized carbons (Fsp3) is 0.0769. The number of amides is 1. The second-order valence-electron chi connectivity index (χ2n) is 7.54. The van der Waals surface area contributed by atoms with Gasteiger partial charge in [0.15, 0.2) is 0 Å². The minimum Gasteiger partial charge on any atom is -0.340 e. The summed E-state index contributed by atoms with van der Waals surface area (Å²) in [6, 6.07) is 18.1. The Bertz CT molecular complexity index is 1500. The third-order valence-corrected chi connectivity index (χ3v) is 5.27. The van der Waals surface area contributed by atoms with Crippen LogP contribution in [0.15, 0.2) is 90.2 Å². The summed E-state index contributed by atoms with van der Waals surface area (Å²) in [7, 11) is 1.84. The third-order valence-electron chi connectivity index (χ3n) is 5.27. The Morgan fingerprint density at radius 3 is 2.44 bits per heavy atom. The molecule has 0 saturated carbocycles. The molecule has 0 unspecified atom stereocenters. The number of carbonyl (C=O) groups is 1. The van der Waals surface area contributed by atoms with E-state index in [1.165, 1.54) is 0 Å². The lowest BCUT2D eigenvalue weighted by molar-refractivity contribution is 0.102. The lowest BCUT2D eigenvalue weighted by atomic mass is 10.0. The molecule has 0 aliphatic heterocycles. The van der Waals surface area contributed by atoms with E-state index >= 15 is 0 Å². The molecular formula is C26H24N6O2. The predicted molar refractivity (Wildman–Crippen MR) is 135 cm³/mol. The van der Waals surface area contributed by atoms with Gasteiger partial charge in [-0.05, 0) is 42.5 Å². The van der Waals surface area contributed by atoms with Crippen molar-refractivity contribution in [2.45, 2.75) is 7.43 Å². The van der Waals surface area contributed by atoms with E-state index in [0.717, 1.165) is 22.2 Å². The molecule has 0 radical (unpaired) electrons. The van der Waals surface area contributed by atoms with Crippen LogP contribution in [0, 0.1) is 0 Å². The molecule has 0 aliphatic rings. The number of nitrogens with zero attached hydrogens (tertiary/aromatic N) is 3. The molecule has 5 rings (SSSR count). The molecule has 0 saturated heterocycles. The molecule has 8 heteroatoms. The van der Waals surface area contributed by atoms with E-state index in [2.05, 4.69) is 25.7 Å². The van der Waals surface area contributed by atoms with Crippen LogP contribution < -0.4 is 16.2 Å². The number of pyridine rings is 2. The van der Waals surface area contributed by atoms with Gasteiger partial charge in [-0.1, -0.05) is 25.6 Å². The molecule has 0 fully saturated rings. The molecule has 170 valence electrons. The molecule has 1 amide bonds. The van der Waals surface area contributed by atoms with Crippen molar-refractivity contribution >= 4 is 33.9 Å². The molecule has 8 nitrogen and oxygen atoms in total. The first kappa shape index (κ1) is 22.5.